The maximum atomic E-state index is 9.09. The summed E-state index contributed by atoms with van der Waals surface area (Å²) in [6.07, 6.45) is -0.483. The molecule has 0 radical (unpaired) electrons. The molecule has 0 aromatic carbocycles. The van der Waals surface area contributed by atoms with Crippen molar-refractivity contribution in [3.05, 3.63) is 12.2 Å². The standard InChI is InChI=1S/C5H9N3O2/c1-3(9)4(10)5-6-2-7-8-5/h2-4,9-10H,1H3,(H,6,7,8). The van der Waals surface area contributed by atoms with Gasteiger partial charge in [0.1, 0.15) is 12.4 Å². The summed E-state index contributed by atoms with van der Waals surface area (Å²) >= 11 is 0. The first-order valence-corrected chi connectivity index (χ1v) is 2.93. The highest BCUT2D eigenvalue weighted by Crippen LogP contribution is 2.09. The Hall–Kier alpha value is -0.940. The molecule has 0 amide bonds. The monoisotopic (exact) mass is 143 g/mol. The van der Waals surface area contributed by atoms with E-state index in [1.165, 1.54) is 13.3 Å². The van der Waals surface area contributed by atoms with Gasteiger partial charge in [-0.1, -0.05) is 0 Å². The number of hydrogen-bond acceptors (Lipinski definition) is 4. The Kier molecular flexibility index (Phi) is 1.98. The molecule has 0 aliphatic rings. The van der Waals surface area contributed by atoms with Crippen LogP contribution < -0.4 is 0 Å². The van der Waals surface area contributed by atoms with Crippen LogP contribution in [-0.2, 0) is 0 Å². The van der Waals surface area contributed by atoms with Crippen LogP contribution in [0.4, 0.5) is 0 Å². The molecule has 0 spiro atoms. The zero-order chi connectivity index (χ0) is 7.56. The minimum Gasteiger partial charge on any atom is -0.390 e. The third kappa shape index (κ3) is 1.31. The van der Waals surface area contributed by atoms with E-state index in [1.807, 2.05) is 0 Å². The molecular formula is C5H9N3O2. The number of nitrogens with zero attached hydrogens (tertiary/aromatic N) is 2. The first kappa shape index (κ1) is 7.17. The van der Waals surface area contributed by atoms with Gasteiger partial charge < -0.3 is 10.2 Å². The summed E-state index contributed by atoms with van der Waals surface area (Å²) in [4.78, 5) is 3.66. The van der Waals surface area contributed by atoms with Gasteiger partial charge in [-0.05, 0) is 6.92 Å². The van der Waals surface area contributed by atoms with Gasteiger partial charge in [0.2, 0.25) is 0 Å². The summed E-state index contributed by atoms with van der Waals surface area (Å²) < 4.78 is 0. The average molecular weight is 143 g/mol. The number of rotatable bonds is 2. The molecule has 0 aliphatic carbocycles. The molecule has 5 nitrogen and oxygen atoms in total. The summed E-state index contributed by atoms with van der Waals surface area (Å²) in [6, 6.07) is 0. The summed E-state index contributed by atoms with van der Waals surface area (Å²) in [5.41, 5.74) is 0. The number of aliphatic hydroxyl groups excluding tert-OH is 2. The number of hydrogen-bond donors (Lipinski definition) is 3. The van der Waals surface area contributed by atoms with Gasteiger partial charge in [-0.3, -0.25) is 5.10 Å². The fourth-order valence-electron chi connectivity index (χ4n) is 0.577. The van der Waals surface area contributed by atoms with Crippen molar-refractivity contribution < 1.29 is 10.2 Å². The molecular weight excluding hydrogens is 134 g/mol. The summed E-state index contributed by atoms with van der Waals surface area (Å²) in [6.45, 7) is 1.47. The van der Waals surface area contributed by atoms with E-state index in [0.717, 1.165) is 0 Å². The van der Waals surface area contributed by atoms with Crippen molar-refractivity contribution in [3.8, 4) is 0 Å². The van der Waals surface area contributed by atoms with Gasteiger partial charge in [0.25, 0.3) is 0 Å². The van der Waals surface area contributed by atoms with Gasteiger partial charge in [-0.25, -0.2) is 4.98 Å². The van der Waals surface area contributed by atoms with Crippen LogP contribution in [0, 0.1) is 0 Å². The molecule has 1 rings (SSSR count). The zero-order valence-electron chi connectivity index (χ0n) is 5.52. The van der Waals surface area contributed by atoms with Crippen LogP contribution in [0.1, 0.15) is 18.9 Å². The molecule has 2 atom stereocenters. The van der Waals surface area contributed by atoms with Crippen LogP contribution in [0.2, 0.25) is 0 Å². The maximum Gasteiger partial charge on any atom is 0.181 e. The molecule has 56 valence electrons. The molecule has 0 aliphatic heterocycles. The number of aromatic nitrogens is 3. The lowest BCUT2D eigenvalue weighted by molar-refractivity contribution is 0.0251. The minimum atomic E-state index is -0.994. The largest absolute Gasteiger partial charge is 0.390 e. The molecule has 0 saturated carbocycles. The summed E-state index contributed by atoms with van der Waals surface area (Å²) in [5, 5.41) is 24.0. The van der Waals surface area contributed by atoms with E-state index in [4.69, 9.17) is 10.2 Å². The van der Waals surface area contributed by atoms with Crippen molar-refractivity contribution in [2.75, 3.05) is 0 Å². The Balaban J connectivity index is 2.68. The lowest BCUT2D eigenvalue weighted by atomic mass is 10.2. The van der Waals surface area contributed by atoms with E-state index in [9.17, 15) is 0 Å². The molecule has 3 N–H and O–H groups in total. The molecule has 1 aromatic rings. The average Bonchev–Trinajstić information content (AvgIpc) is 2.36. The van der Waals surface area contributed by atoms with E-state index in [0.29, 0.717) is 0 Å². The fourth-order valence-corrected chi connectivity index (χ4v) is 0.577. The van der Waals surface area contributed by atoms with E-state index in [1.54, 1.807) is 0 Å². The topological polar surface area (TPSA) is 82.0 Å². The maximum absolute atomic E-state index is 9.09. The smallest absolute Gasteiger partial charge is 0.181 e. The van der Waals surface area contributed by atoms with Crippen LogP contribution in [0.5, 0.6) is 0 Å². The Morgan fingerprint density at radius 3 is 2.70 bits per heavy atom. The fraction of sp³-hybridized carbons (Fsp3) is 0.600. The molecule has 10 heavy (non-hydrogen) atoms. The van der Waals surface area contributed by atoms with Crippen LogP contribution >= 0.6 is 0 Å². The Morgan fingerprint density at radius 1 is 1.60 bits per heavy atom. The quantitative estimate of drug-likeness (QED) is 0.507. The first-order chi connectivity index (χ1) is 4.72. The van der Waals surface area contributed by atoms with Crippen molar-refractivity contribution in [2.45, 2.75) is 19.1 Å². The number of aliphatic hydroxyl groups is 2. The van der Waals surface area contributed by atoms with Crippen LogP contribution in [0.25, 0.3) is 0 Å². The lowest BCUT2D eigenvalue weighted by Crippen LogP contribution is -2.15. The van der Waals surface area contributed by atoms with Gasteiger partial charge >= 0.3 is 0 Å². The van der Waals surface area contributed by atoms with Crippen molar-refractivity contribution >= 4 is 0 Å². The van der Waals surface area contributed by atoms with Gasteiger partial charge in [0.15, 0.2) is 5.82 Å². The normalized spacial score (nSPS) is 16.7. The number of nitrogens with one attached hydrogen (secondary N) is 1. The predicted molar refractivity (Wildman–Crippen MR) is 33.0 cm³/mol. The minimum absolute atomic E-state index is 0.218. The SMILES string of the molecule is CC(O)C(O)c1nc[nH]n1. The van der Waals surface area contributed by atoms with Gasteiger partial charge in [-0.15, -0.1) is 0 Å². The van der Waals surface area contributed by atoms with Crippen LogP contribution in [0.15, 0.2) is 6.33 Å². The van der Waals surface area contributed by atoms with Crippen molar-refractivity contribution in [3.63, 3.8) is 0 Å². The highest BCUT2D eigenvalue weighted by atomic mass is 16.3. The second kappa shape index (κ2) is 2.76. The van der Waals surface area contributed by atoms with Gasteiger partial charge in [-0.2, -0.15) is 5.10 Å². The van der Waals surface area contributed by atoms with E-state index in [-0.39, 0.29) is 5.82 Å². The molecule has 1 aromatic heterocycles. The number of H-pyrrole nitrogens is 1. The van der Waals surface area contributed by atoms with Crippen molar-refractivity contribution in [1.29, 1.82) is 0 Å². The van der Waals surface area contributed by atoms with E-state index in [2.05, 4.69) is 15.2 Å². The summed E-state index contributed by atoms with van der Waals surface area (Å²) in [5.74, 6) is 0.218. The second-order valence-electron chi connectivity index (χ2n) is 2.04. The molecule has 0 saturated heterocycles. The molecule has 1 heterocycles. The Labute approximate surface area is 57.7 Å². The van der Waals surface area contributed by atoms with E-state index < -0.39 is 12.2 Å². The third-order valence-electron chi connectivity index (χ3n) is 1.16. The third-order valence-corrected chi connectivity index (χ3v) is 1.16. The first-order valence-electron chi connectivity index (χ1n) is 2.93. The second-order valence-corrected chi connectivity index (χ2v) is 2.04. The van der Waals surface area contributed by atoms with Gasteiger partial charge in [0, 0.05) is 0 Å². The Bertz CT molecular complexity index is 185. The Morgan fingerprint density at radius 2 is 2.30 bits per heavy atom. The zero-order valence-corrected chi connectivity index (χ0v) is 5.52. The van der Waals surface area contributed by atoms with Crippen LogP contribution in [-0.4, -0.2) is 31.5 Å². The predicted octanol–water partition coefficient (Wildman–Crippen LogP) is -0.781. The highest BCUT2D eigenvalue weighted by Gasteiger charge is 2.16. The molecule has 5 heteroatoms. The molecule has 0 bridgehead atoms. The lowest BCUT2D eigenvalue weighted by Gasteiger charge is -2.07. The van der Waals surface area contributed by atoms with E-state index >= 15 is 0 Å². The van der Waals surface area contributed by atoms with Crippen molar-refractivity contribution in [2.24, 2.45) is 0 Å². The van der Waals surface area contributed by atoms with Gasteiger partial charge in [0.05, 0.1) is 6.10 Å². The van der Waals surface area contributed by atoms with Crippen LogP contribution in [0.3, 0.4) is 0 Å². The number of aromatic amines is 1. The molecule has 0 fully saturated rings. The highest BCUT2D eigenvalue weighted by molar-refractivity contribution is 4.88. The summed E-state index contributed by atoms with van der Waals surface area (Å²) in [7, 11) is 0. The molecule has 2 unspecified atom stereocenters. The van der Waals surface area contributed by atoms with Crippen molar-refractivity contribution in [1.82, 2.24) is 15.2 Å².